The Bertz CT molecular complexity index is 1170. The molecular formula is C24H24ClFN4O. The van der Waals surface area contributed by atoms with Crippen LogP contribution in [-0.4, -0.2) is 21.7 Å². The van der Waals surface area contributed by atoms with Crippen LogP contribution < -0.4 is 10.6 Å². The van der Waals surface area contributed by atoms with Crippen molar-refractivity contribution in [3.05, 3.63) is 83.7 Å². The first-order chi connectivity index (χ1) is 14.6. The van der Waals surface area contributed by atoms with Crippen LogP contribution in [-0.2, 0) is 6.42 Å². The Labute approximate surface area is 186 Å². The van der Waals surface area contributed by atoms with Gasteiger partial charge in [0.15, 0.2) is 0 Å². The van der Waals surface area contributed by atoms with Gasteiger partial charge in [-0.1, -0.05) is 24.3 Å². The van der Waals surface area contributed by atoms with E-state index < -0.39 is 0 Å². The van der Waals surface area contributed by atoms with E-state index >= 15 is 0 Å². The number of aryl methyl sites for hydroxylation is 2. The Hall–Kier alpha value is -3.22. The van der Waals surface area contributed by atoms with E-state index in [9.17, 15) is 4.39 Å². The average molecular weight is 439 g/mol. The van der Waals surface area contributed by atoms with Crippen molar-refractivity contribution in [1.29, 1.82) is 0 Å². The van der Waals surface area contributed by atoms with Crippen LogP contribution in [0.3, 0.4) is 0 Å². The number of aliphatic hydroxyl groups is 1. The van der Waals surface area contributed by atoms with Gasteiger partial charge in [0.05, 0.1) is 5.52 Å². The average Bonchev–Trinajstić information content (AvgIpc) is 2.74. The lowest BCUT2D eigenvalue weighted by molar-refractivity contribution is 0.288. The molecule has 3 aromatic carbocycles. The molecular weight excluding hydrogens is 415 g/mol. The van der Waals surface area contributed by atoms with Gasteiger partial charge in [-0.3, -0.25) is 0 Å². The summed E-state index contributed by atoms with van der Waals surface area (Å²) in [5, 5.41) is 16.1. The number of aromatic nitrogens is 2. The Morgan fingerprint density at radius 3 is 2.45 bits per heavy atom. The highest BCUT2D eigenvalue weighted by atomic mass is 35.5. The van der Waals surface area contributed by atoms with Crippen molar-refractivity contribution in [2.75, 3.05) is 17.2 Å². The minimum Gasteiger partial charge on any atom is -0.396 e. The Balaban J connectivity index is 0.00000272. The first kappa shape index (κ1) is 22.5. The number of halogens is 2. The normalized spacial score (nSPS) is 10.5. The summed E-state index contributed by atoms with van der Waals surface area (Å²) in [6.07, 6.45) is 1.57. The number of benzene rings is 3. The molecule has 4 rings (SSSR count). The lowest BCUT2D eigenvalue weighted by Crippen LogP contribution is -2.03. The molecule has 160 valence electrons. The van der Waals surface area contributed by atoms with Gasteiger partial charge >= 0.3 is 0 Å². The quantitative estimate of drug-likeness (QED) is 0.334. The molecule has 0 radical (unpaired) electrons. The summed E-state index contributed by atoms with van der Waals surface area (Å²) in [5.74, 6) is 0.622. The zero-order valence-corrected chi connectivity index (χ0v) is 17.9. The number of nitrogens with zero attached hydrogens (tertiary/aromatic N) is 2. The van der Waals surface area contributed by atoms with Crippen molar-refractivity contribution in [3.63, 3.8) is 0 Å². The van der Waals surface area contributed by atoms with E-state index in [0.717, 1.165) is 35.3 Å². The molecule has 5 nitrogen and oxygen atoms in total. The van der Waals surface area contributed by atoms with Crippen molar-refractivity contribution >= 4 is 46.5 Å². The second kappa shape index (κ2) is 10.2. The van der Waals surface area contributed by atoms with Crippen molar-refractivity contribution in [2.45, 2.75) is 19.8 Å². The number of hydrogen-bond donors (Lipinski definition) is 3. The third-order valence-corrected chi connectivity index (χ3v) is 4.77. The third kappa shape index (κ3) is 5.69. The number of fused-ring (bicyclic) bond motifs is 1. The van der Waals surface area contributed by atoms with Crippen LogP contribution in [0, 0.1) is 12.7 Å². The summed E-state index contributed by atoms with van der Waals surface area (Å²) in [6, 6.07) is 20.3. The molecule has 0 saturated carbocycles. The fourth-order valence-electron chi connectivity index (χ4n) is 3.28. The van der Waals surface area contributed by atoms with Gasteiger partial charge in [-0.25, -0.2) is 9.37 Å². The van der Waals surface area contributed by atoms with Gasteiger partial charge in [0.2, 0.25) is 5.95 Å². The molecule has 31 heavy (non-hydrogen) atoms. The maximum atomic E-state index is 13.9. The zero-order chi connectivity index (χ0) is 20.9. The standard InChI is InChI=1S/C24H23FN4O.ClH/c1-16-4-2-6-20(14-16)26-23-21-15-18(25)9-12-22(21)28-24(29-23)27-19-10-7-17(8-11-19)5-3-13-30;/h2,4,6-12,14-15,30H,3,5,13H2,1H3,(H2,26,27,28,29);1H. The van der Waals surface area contributed by atoms with Gasteiger partial charge in [0.1, 0.15) is 11.6 Å². The summed E-state index contributed by atoms with van der Waals surface area (Å²) in [5.41, 5.74) is 4.64. The highest BCUT2D eigenvalue weighted by Crippen LogP contribution is 2.27. The Morgan fingerprint density at radius 1 is 0.903 bits per heavy atom. The molecule has 1 heterocycles. The molecule has 0 unspecified atom stereocenters. The lowest BCUT2D eigenvalue weighted by atomic mass is 10.1. The van der Waals surface area contributed by atoms with Crippen molar-refractivity contribution in [3.8, 4) is 0 Å². The molecule has 1 aromatic heterocycles. The molecule has 0 saturated heterocycles. The van der Waals surface area contributed by atoms with E-state index in [2.05, 4.69) is 20.6 Å². The van der Waals surface area contributed by atoms with Crippen LogP contribution in [0.1, 0.15) is 17.5 Å². The minimum atomic E-state index is -0.336. The second-order valence-corrected chi connectivity index (χ2v) is 7.20. The Kier molecular flexibility index (Phi) is 7.39. The van der Waals surface area contributed by atoms with Crippen molar-refractivity contribution < 1.29 is 9.50 Å². The van der Waals surface area contributed by atoms with Gasteiger partial charge in [0, 0.05) is 23.4 Å². The monoisotopic (exact) mass is 438 g/mol. The van der Waals surface area contributed by atoms with Crippen LogP contribution in [0.5, 0.6) is 0 Å². The smallest absolute Gasteiger partial charge is 0.229 e. The zero-order valence-electron chi connectivity index (χ0n) is 17.1. The molecule has 0 fully saturated rings. The van der Waals surface area contributed by atoms with Crippen LogP contribution in [0.15, 0.2) is 66.7 Å². The van der Waals surface area contributed by atoms with Crippen LogP contribution in [0.25, 0.3) is 10.9 Å². The number of hydrogen-bond acceptors (Lipinski definition) is 5. The largest absolute Gasteiger partial charge is 0.396 e. The molecule has 0 aliphatic heterocycles. The highest BCUT2D eigenvalue weighted by molar-refractivity contribution is 5.92. The molecule has 0 spiro atoms. The molecule has 3 N–H and O–H groups in total. The predicted molar refractivity (Wildman–Crippen MR) is 126 cm³/mol. The van der Waals surface area contributed by atoms with Gasteiger partial charge in [-0.15, -0.1) is 12.4 Å². The molecule has 7 heteroatoms. The van der Waals surface area contributed by atoms with E-state index in [4.69, 9.17) is 5.11 Å². The fraction of sp³-hybridized carbons (Fsp3) is 0.167. The van der Waals surface area contributed by atoms with Gasteiger partial charge in [-0.2, -0.15) is 4.98 Å². The summed E-state index contributed by atoms with van der Waals surface area (Å²) < 4.78 is 13.9. The summed E-state index contributed by atoms with van der Waals surface area (Å²) >= 11 is 0. The molecule has 0 atom stereocenters. The first-order valence-electron chi connectivity index (χ1n) is 9.88. The molecule has 4 aromatic rings. The first-order valence-corrected chi connectivity index (χ1v) is 9.88. The summed E-state index contributed by atoms with van der Waals surface area (Å²) in [4.78, 5) is 9.14. The molecule has 0 amide bonds. The van der Waals surface area contributed by atoms with Crippen LogP contribution in [0.2, 0.25) is 0 Å². The molecule has 0 aliphatic rings. The summed E-state index contributed by atoms with van der Waals surface area (Å²) in [6.45, 7) is 2.20. The summed E-state index contributed by atoms with van der Waals surface area (Å²) in [7, 11) is 0. The maximum absolute atomic E-state index is 13.9. The Morgan fingerprint density at radius 2 is 1.71 bits per heavy atom. The van der Waals surface area contributed by atoms with E-state index in [1.54, 1.807) is 6.07 Å². The number of anilines is 4. The van der Waals surface area contributed by atoms with Crippen LogP contribution in [0.4, 0.5) is 27.5 Å². The third-order valence-electron chi connectivity index (χ3n) is 4.77. The molecule has 0 aliphatic carbocycles. The fourth-order valence-corrected chi connectivity index (χ4v) is 3.28. The maximum Gasteiger partial charge on any atom is 0.229 e. The second-order valence-electron chi connectivity index (χ2n) is 7.20. The van der Waals surface area contributed by atoms with Gasteiger partial charge < -0.3 is 15.7 Å². The van der Waals surface area contributed by atoms with Crippen molar-refractivity contribution in [1.82, 2.24) is 9.97 Å². The van der Waals surface area contributed by atoms with Gasteiger partial charge in [0.25, 0.3) is 0 Å². The van der Waals surface area contributed by atoms with E-state index in [1.807, 2.05) is 55.5 Å². The minimum absolute atomic E-state index is 0. The highest BCUT2D eigenvalue weighted by Gasteiger charge is 2.10. The van der Waals surface area contributed by atoms with E-state index in [1.165, 1.54) is 12.1 Å². The van der Waals surface area contributed by atoms with Crippen LogP contribution >= 0.6 is 12.4 Å². The van der Waals surface area contributed by atoms with Gasteiger partial charge in [-0.05, 0) is 73.4 Å². The number of aliphatic hydroxyl groups excluding tert-OH is 1. The predicted octanol–water partition coefficient (Wildman–Crippen LogP) is 5.91. The van der Waals surface area contributed by atoms with E-state index in [0.29, 0.717) is 22.7 Å². The molecule has 0 bridgehead atoms. The SMILES string of the molecule is Cc1cccc(Nc2nc(Nc3ccc(CCCO)cc3)nc3ccc(F)cc23)c1.Cl. The number of nitrogens with one attached hydrogen (secondary N) is 2. The number of rotatable bonds is 7. The topological polar surface area (TPSA) is 70.1 Å². The van der Waals surface area contributed by atoms with Crippen molar-refractivity contribution in [2.24, 2.45) is 0 Å². The van der Waals surface area contributed by atoms with E-state index in [-0.39, 0.29) is 24.8 Å². The lowest BCUT2D eigenvalue weighted by Gasteiger charge is -2.13.